The van der Waals surface area contributed by atoms with Crippen molar-refractivity contribution in [2.24, 2.45) is 4.99 Å². The van der Waals surface area contributed by atoms with Gasteiger partial charge in [-0.1, -0.05) is 6.07 Å². The third-order valence-corrected chi connectivity index (χ3v) is 5.84. The Hall–Kier alpha value is -3.39. The van der Waals surface area contributed by atoms with Gasteiger partial charge in [-0.25, -0.2) is 6.57 Å². The van der Waals surface area contributed by atoms with Gasteiger partial charge in [0.2, 0.25) is 17.6 Å². The molecule has 2 amide bonds. The highest BCUT2D eigenvalue weighted by atomic mass is 16.2. The van der Waals surface area contributed by atoms with E-state index in [0.717, 1.165) is 55.6 Å². The summed E-state index contributed by atoms with van der Waals surface area (Å²) >= 11 is 0. The topological polar surface area (TPSA) is 93.2 Å². The Labute approximate surface area is 189 Å². The number of hydrogen-bond donors (Lipinski definition) is 1. The molecule has 3 rings (SSSR count). The lowest BCUT2D eigenvalue weighted by atomic mass is 10.1. The zero-order chi connectivity index (χ0) is 23.1. The molecule has 0 saturated carbocycles. The van der Waals surface area contributed by atoms with Crippen LogP contribution in [0.15, 0.2) is 23.2 Å². The van der Waals surface area contributed by atoms with E-state index >= 15 is 0 Å². The molecule has 2 fully saturated rings. The van der Waals surface area contributed by atoms with Crippen molar-refractivity contribution >= 4 is 23.3 Å². The maximum absolute atomic E-state index is 13.3. The van der Waals surface area contributed by atoms with Crippen molar-refractivity contribution in [2.75, 3.05) is 31.5 Å². The summed E-state index contributed by atoms with van der Waals surface area (Å²) in [5.74, 6) is -0.0554. The van der Waals surface area contributed by atoms with E-state index in [1.54, 1.807) is 4.90 Å². The molecule has 2 heterocycles. The predicted molar refractivity (Wildman–Crippen MR) is 123 cm³/mol. The van der Waals surface area contributed by atoms with Crippen LogP contribution in [0.5, 0.6) is 0 Å². The Bertz CT molecular complexity index is 933. The summed E-state index contributed by atoms with van der Waals surface area (Å²) in [7, 11) is 0. The molecule has 8 nitrogen and oxygen atoms in total. The zero-order valence-electron chi connectivity index (χ0n) is 18.8. The number of likely N-dealkylation sites (tertiary alicyclic amines) is 2. The molecule has 2 atom stereocenters. The van der Waals surface area contributed by atoms with E-state index < -0.39 is 12.1 Å². The summed E-state index contributed by atoms with van der Waals surface area (Å²) in [6.45, 7) is 13.4. The van der Waals surface area contributed by atoms with Gasteiger partial charge in [-0.3, -0.25) is 19.4 Å². The number of carbonyl (C=O) groups excluding carboxylic acids is 2. The molecule has 0 aliphatic carbocycles. The average Bonchev–Trinajstić information content (AvgIpc) is 3.24. The monoisotopic (exact) mass is 434 g/mol. The fourth-order valence-electron chi connectivity index (χ4n) is 4.28. The number of nitriles is 1. The Morgan fingerprint density at radius 3 is 2.50 bits per heavy atom. The number of benzene rings is 1. The normalized spacial score (nSPS) is 20.3. The van der Waals surface area contributed by atoms with Crippen LogP contribution in [0.25, 0.3) is 4.85 Å². The lowest BCUT2D eigenvalue weighted by molar-refractivity contribution is -0.140. The summed E-state index contributed by atoms with van der Waals surface area (Å²) in [5, 5.41) is 12.6. The van der Waals surface area contributed by atoms with Gasteiger partial charge >= 0.3 is 6.04 Å². The minimum atomic E-state index is -1.13. The number of rotatable bonds is 5. The van der Waals surface area contributed by atoms with Gasteiger partial charge in [0.1, 0.15) is 6.04 Å². The maximum Gasteiger partial charge on any atom is 0.363 e. The van der Waals surface area contributed by atoms with E-state index in [1.165, 1.54) is 0 Å². The quantitative estimate of drug-likeness (QED) is 0.438. The van der Waals surface area contributed by atoms with E-state index in [4.69, 9.17) is 6.57 Å². The molecule has 8 heteroatoms. The van der Waals surface area contributed by atoms with Crippen LogP contribution in [0.4, 0.5) is 5.69 Å². The minimum absolute atomic E-state index is 0.0230. The Morgan fingerprint density at radius 1 is 1.22 bits per heavy atom. The largest absolute Gasteiger partial charge is 0.363 e. The molecule has 2 unspecified atom stereocenters. The van der Waals surface area contributed by atoms with Crippen LogP contribution >= 0.6 is 0 Å². The molecule has 1 aromatic rings. The van der Waals surface area contributed by atoms with E-state index in [2.05, 4.69) is 15.2 Å². The van der Waals surface area contributed by atoms with Crippen LogP contribution < -0.4 is 5.32 Å². The van der Waals surface area contributed by atoms with E-state index in [0.29, 0.717) is 13.0 Å². The van der Waals surface area contributed by atoms with Gasteiger partial charge in [-0.05, 0) is 69.2 Å². The molecular formula is C24H30N6O2. The van der Waals surface area contributed by atoms with Crippen molar-refractivity contribution in [3.63, 3.8) is 0 Å². The minimum Gasteiger partial charge on any atom is -0.341 e. The van der Waals surface area contributed by atoms with Crippen LogP contribution in [0, 0.1) is 31.8 Å². The Kier molecular flexibility index (Phi) is 7.83. The smallest absolute Gasteiger partial charge is 0.341 e. The molecule has 1 N–H and O–H groups in total. The van der Waals surface area contributed by atoms with Gasteiger partial charge in [0.15, 0.2) is 6.07 Å². The van der Waals surface area contributed by atoms with Gasteiger partial charge in [-0.15, -0.1) is 0 Å². The molecular weight excluding hydrogens is 404 g/mol. The van der Waals surface area contributed by atoms with Crippen LogP contribution in [-0.2, 0) is 9.59 Å². The molecule has 2 aliphatic rings. The van der Waals surface area contributed by atoms with E-state index in [9.17, 15) is 14.9 Å². The SMILES string of the molecule is [C-]#[N+]C(C#N)C(=NC1CCCCN(CC(=O)N2CCCC2)C1=O)Nc1cc(C)cc(C)c1. The number of aliphatic imine (C=N–C) groups is 1. The van der Waals surface area contributed by atoms with Crippen LogP contribution in [0.1, 0.15) is 43.2 Å². The molecule has 1 aromatic carbocycles. The second-order valence-electron chi connectivity index (χ2n) is 8.54. The maximum atomic E-state index is 13.3. The molecule has 168 valence electrons. The second-order valence-corrected chi connectivity index (χ2v) is 8.54. The van der Waals surface area contributed by atoms with Crippen molar-refractivity contribution in [2.45, 2.75) is 58.0 Å². The van der Waals surface area contributed by atoms with Crippen LogP contribution in [0.2, 0.25) is 0 Å². The number of aryl methyl sites for hydroxylation is 2. The number of nitrogens with one attached hydrogen (secondary N) is 1. The van der Waals surface area contributed by atoms with E-state index in [-0.39, 0.29) is 24.2 Å². The Morgan fingerprint density at radius 2 is 1.88 bits per heavy atom. The van der Waals surface area contributed by atoms with E-state index in [1.807, 2.05) is 43.0 Å². The van der Waals surface area contributed by atoms with Crippen molar-refractivity contribution < 1.29 is 9.59 Å². The summed E-state index contributed by atoms with van der Waals surface area (Å²) in [5.41, 5.74) is 2.81. The van der Waals surface area contributed by atoms with Gasteiger partial charge in [0, 0.05) is 25.3 Å². The number of amides is 2. The molecule has 2 saturated heterocycles. The molecule has 32 heavy (non-hydrogen) atoms. The van der Waals surface area contributed by atoms with Gasteiger partial charge in [0.25, 0.3) is 0 Å². The van der Waals surface area contributed by atoms with Gasteiger partial charge in [0.05, 0.1) is 6.54 Å². The standard InChI is InChI=1S/C24H30N6O2/c1-17-12-18(2)14-19(13-17)27-23(21(15-25)26-3)28-20-8-4-5-11-30(24(20)32)16-22(31)29-9-6-7-10-29/h12-14,20-21H,4-11,16H2,1-2H3,(H,27,28). The average molecular weight is 435 g/mol. The van der Waals surface area contributed by atoms with Gasteiger partial charge < -0.3 is 15.1 Å². The van der Waals surface area contributed by atoms with Gasteiger partial charge in [-0.2, -0.15) is 5.26 Å². The zero-order valence-corrected chi connectivity index (χ0v) is 18.8. The van der Waals surface area contributed by atoms with Crippen molar-refractivity contribution in [1.82, 2.24) is 9.80 Å². The Balaban J connectivity index is 1.83. The summed E-state index contributed by atoms with van der Waals surface area (Å²) in [6.07, 6.45) is 4.13. The predicted octanol–water partition coefficient (Wildman–Crippen LogP) is 2.93. The molecule has 0 spiro atoms. The highest BCUT2D eigenvalue weighted by Gasteiger charge is 2.32. The fourth-order valence-corrected chi connectivity index (χ4v) is 4.28. The lowest BCUT2D eigenvalue weighted by Crippen LogP contribution is -2.45. The third-order valence-electron chi connectivity index (χ3n) is 5.84. The first-order valence-electron chi connectivity index (χ1n) is 11.2. The first-order chi connectivity index (χ1) is 15.4. The van der Waals surface area contributed by atoms with Crippen LogP contribution in [-0.4, -0.2) is 65.7 Å². The number of hydrogen-bond acceptors (Lipinski definition) is 4. The highest BCUT2D eigenvalue weighted by Crippen LogP contribution is 2.19. The van der Waals surface area contributed by atoms with Crippen LogP contribution in [0.3, 0.4) is 0 Å². The third kappa shape index (κ3) is 5.85. The number of amidine groups is 1. The summed E-state index contributed by atoms with van der Waals surface area (Å²) in [6, 6.07) is 5.98. The summed E-state index contributed by atoms with van der Waals surface area (Å²) < 4.78 is 0. The number of nitrogens with zero attached hydrogens (tertiary/aromatic N) is 5. The first-order valence-corrected chi connectivity index (χ1v) is 11.2. The van der Waals surface area contributed by atoms with Crippen molar-refractivity contribution in [3.05, 3.63) is 40.7 Å². The van der Waals surface area contributed by atoms with Crippen molar-refractivity contribution in [1.29, 1.82) is 5.26 Å². The first kappa shape index (κ1) is 23.3. The van der Waals surface area contributed by atoms with Crippen molar-refractivity contribution in [3.8, 4) is 6.07 Å². The molecule has 0 aromatic heterocycles. The molecule has 0 radical (unpaired) electrons. The second kappa shape index (κ2) is 10.8. The number of anilines is 1. The summed E-state index contributed by atoms with van der Waals surface area (Å²) in [4.78, 5) is 37.2. The molecule has 2 aliphatic heterocycles. The molecule has 0 bridgehead atoms. The highest BCUT2D eigenvalue weighted by molar-refractivity contribution is 6.03. The number of carbonyl (C=O) groups is 2. The fraction of sp³-hybridized carbons (Fsp3) is 0.542. The lowest BCUT2D eigenvalue weighted by Gasteiger charge is -2.25.